The predicted molar refractivity (Wildman–Crippen MR) is 219 cm³/mol. The molecule has 59 heavy (non-hydrogen) atoms. The summed E-state index contributed by atoms with van der Waals surface area (Å²) in [4.78, 5) is 94.5. The van der Waals surface area contributed by atoms with E-state index < -0.39 is 29.7 Å². The number of imide groups is 2. The number of piperidine rings is 1. The van der Waals surface area contributed by atoms with Crippen molar-refractivity contribution >= 4 is 75.2 Å². The molecule has 3 fully saturated rings. The molecule has 2 aromatic heterocycles. The van der Waals surface area contributed by atoms with Gasteiger partial charge in [0.15, 0.2) is 18.2 Å². The third-order valence-electron chi connectivity index (χ3n) is 11.4. The highest BCUT2D eigenvalue weighted by Crippen LogP contribution is 2.32. The molecule has 6 heterocycles. The van der Waals surface area contributed by atoms with Gasteiger partial charge in [0.25, 0.3) is 23.3 Å². The van der Waals surface area contributed by atoms with Gasteiger partial charge in [0.1, 0.15) is 11.1 Å². The average molecular weight is 826 g/mol. The number of halogens is 1. The molecule has 3 saturated heterocycles. The van der Waals surface area contributed by atoms with Crippen molar-refractivity contribution in [3.8, 4) is 5.75 Å². The number of hydrogen-bond acceptors (Lipinski definition) is 14. The minimum Gasteiger partial charge on any atom is -0.478 e. The van der Waals surface area contributed by atoms with E-state index in [2.05, 4.69) is 40.5 Å². The molecule has 4 aliphatic heterocycles. The number of carbonyl (C=O) groups is 5. The van der Waals surface area contributed by atoms with E-state index >= 15 is 0 Å². The Morgan fingerprint density at radius 3 is 2.27 bits per heavy atom. The van der Waals surface area contributed by atoms with Crippen LogP contribution in [0.1, 0.15) is 33.6 Å². The number of aryl methyl sites for hydroxylation is 1. The number of rotatable bonds is 11. The van der Waals surface area contributed by atoms with E-state index in [0.717, 1.165) is 81.4 Å². The number of benzene rings is 2. The molecule has 0 saturated carbocycles. The first kappa shape index (κ1) is 39.7. The molecule has 308 valence electrons. The number of ether oxygens (including phenoxy) is 1. The summed E-state index contributed by atoms with van der Waals surface area (Å²) in [6.45, 7) is 7.99. The zero-order valence-electron chi connectivity index (χ0n) is 32.7. The fourth-order valence-corrected chi connectivity index (χ4v) is 8.06. The van der Waals surface area contributed by atoms with Crippen LogP contribution < -0.4 is 36.0 Å². The maximum absolute atomic E-state index is 13.3. The minimum atomic E-state index is -0.986. The Bertz CT molecular complexity index is 2410. The van der Waals surface area contributed by atoms with Gasteiger partial charge in [-0.1, -0.05) is 11.6 Å². The second-order valence-corrected chi connectivity index (χ2v) is 15.3. The van der Waals surface area contributed by atoms with Gasteiger partial charge in [0.2, 0.25) is 17.8 Å². The number of carbonyl (C=O) groups excluding carboxylic acids is 5. The molecule has 4 aromatic rings. The van der Waals surface area contributed by atoms with Gasteiger partial charge in [-0.05, 0) is 48.9 Å². The molecule has 0 aliphatic carbocycles. The molecule has 5 amide bonds. The number of fused-ring (bicyclic) bond motifs is 2. The lowest BCUT2D eigenvalue weighted by Crippen LogP contribution is -2.54. The number of likely N-dealkylation sites (N-methyl/N-ethyl adjacent to an activating group) is 1. The topological polar surface area (TPSA) is 195 Å². The zero-order valence-corrected chi connectivity index (χ0v) is 33.5. The fraction of sp³-hybridized carbons (Fsp3) is 0.400. The third-order valence-corrected chi connectivity index (χ3v) is 11.6. The summed E-state index contributed by atoms with van der Waals surface area (Å²) in [7, 11) is 3.15. The van der Waals surface area contributed by atoms with Crippen LogP contribution in [0.2, 0.25) is 5.02 Å². The summed E-state index contributed by atoms with van der Waals surface area (Å²) in [5, 5.41) is 9.09. The van der Waals surface area contributed by atoms with E-state index in [4.69, 9.17) is 21.3 Å². The Kier molecular flexibility index (Phi) is 11.2. The molecule has 18 nitrogen and oxygen atoms in total. The van der Waals surface area contributed by atoms with Gasteiger partial charge < -0.3 is 29.7 Å². The van der Waals surface area contributed by atoms with Crippen LogP contribution in [-0.2, 0) is 21.4 Å². The number of nitrogens with one attached hydrogen (secondary N) is 3. The van der Waals surface area contributed by atoms with Crippen LogP contribution in [0.25, 0.3) is 10.9 Å². The maximum atomic E-state index is 13.3. The Morgan fingerprint density at radius 2 is 1.58 bits per heavy atom. The van der Waals surface area contributed by atoms with Gasteiger partial charge in [-0.25, -0.2) is 4.98 Å². The van der Waals surface area contributed by atoms with Gasteiger partial charge in [-0.3, -0.25) is 48.8 Å². The smallest absolute Gasteiger partial charge is 0.293 e. The summed E-state index contributed by atoms with van der Waals surface area (Å²) in [6, 6.07) is 11.4. The molecule has 8 rings (SSSR count). The first-order valence-electron chi connectivity index (χ1n) is 19.5. The largest absolute Gasteiger partial charge is 0.478 e. The number of aromatic nitrogens is 3. The molecule has 0 bridgehead atoms. The highest BCUT2D eigenvalue weighted by atomic mass is 35.5. The molecule has 4 aliphatic rings. The van der Waals surface area contributed by atoms with Crippen molar-refractivity contribution in [2.24, 2.45) is 7.05 Å². The van der Waals surface area contributed by atoms with Crippen LogP contribution in [0.3, 0.4) is 0 Å². The number of amides is 5. The summed E-state index contributed by atoms with van der Waals surface area (Å²) in [6.07, 6.45) is 1.79. The Labute approximate surface area is 344 Å². The van der Waals surface area contributed by atoms with Crippen LogP contribution >= 0.6 is 11.6 Å². The van der Waals surface area contributed by atoms with E-state index in [0.29, 0.717) is 28.0 Å². The lowest BCUT2D eigenvalue weighted by molar-refractivity contribution is -0.136. The van der Waals surface area contributed by atoms with Crippen molar-refractivity contribution in [3.05, 3.63) is 75.2 Å². The average Bonchev–Trinajstić information content (AvgIpc) is 3.49. The van der Waals surface area contributed by atoms with Crippen LogP contribution in [0.4, 0.5) is 23.1 Å². The number of piperazine rings is 2. The SMILES string of the molecule is CNC(=O)COc1cc2cc(Nc3nc(N4CCN(CCN5CCN(c6ccc7c(c6)C(=O)N(C6CCC(=O)NC6=O)C7=O)CC5)CC4)ncc3Cl)ccc2n(C)c1=O. The van der Waals surface area contributed by atoms with Crippen molar-refractivity contribution in [1.29, 1.82) is 0 Å². The highest BCUT2D eigenvalue weighted by Gasteiger charge is 2.45. The number of hydrogen-bond donors (Lipinski definition) is 3. The lowest BCUT2D eigenvalue weighted by atomic mass is 10.0. The lowest BCUT2D eigenvalue weighted by Gasteiger charge is -2.39. The van der Waals surface area contributed by atoms with Crippen molar-refractivity contribution in [1.82, 2.24) is 39.9 Å². The maximum Gasteiger partial charge on any atom is 0.293 e. The van der Waals surface area contributed by atoms with Crippen molar-refractivity contribution in [3.63, 3.8) is 0 Å². The summed E-state index contributed by atoms with van der Waals surface area (Å²) >= 11 is 6.54. The van der Waals surface area contributed by atoms with Crippen LogP contribution in [0.5, 0.6) is 5.75 Å². The Balaban J connectivity index is 0.818. The molecular formula is C40H44ClN11O7. The monoisotopic (exact) mass is 825 g/mol. The Hall–Kier alpha value is -6.11. The van der Waals surface area contributed by atoms with Gasteiger partial charge in [0, 0.05) is 103 Å². The predicted octanol–water partition coefficient (Wildman–Crippen LogP) is 1.20. The minimum absolute atomic E-state index is 0.0690. The normalized spacial score (nSPS) is 19.0. The molecule has 0 radical (unpaired) electrons. The Morgan fingerprint density at radius 1 is 0.881 bits per heavy atom. The molecule has 0 spiro atoms. The van der Waals surface area contributed by atoms with Crippen LogP contribution in [0, 0.1) is 0 Å². The van der Waals surface area contributed by atoms with E-state index in [1.807, 2.05) is 24.3 Å². The highest BCUT2D eigenvalue weighted by molar-refractivity contribution is 6.33. The van der Waals surface area contributed by atoms with Gasteiger partial charge in [-0.2, -0.15) is 4.98 Å². The quantitative estimate of drug-likeness (QED) is 0.183. The fourth-order valence-electron chi connectivity index (χ4n) is 7.92. The van der Waals surface area contributed by atoms with Crippen molar-refractivity contribution < 1.29 is 28.7 Å². The molecule has 2 aromatic carbocycles. The van der Waals surface area contributed by atoms with Gasteiger partial charge >= 0.3 is 0 Å². The van der Waals surface area contributed by atoms with Gasteiger partial charge in [-0.15, -0.1) is 0 Å². The van der Waals surface area contributed by atoms with Crippen LogP contribution in [0.15, 0.2) is 53.5 Å². The first-order valence-corrected chi connectivity index (χ1v) is 19.9. The van der Waals surface area contributed by atoms with E-state index in [1.54, 1.807) is 31.4 Å². The summed E-state index contributed by atoms with van der Waals surface area (Å²) in [5.74, 6) is -1.27. The van der Waals surface area contributed by atoms with Gasteiger partial charge in [0.05, 0.1) is 22.8 Å². The number of pyridine rings is 1. The number of nitrogens with zero attached hydrogens (tertiary/aromatic N) is 8. The molecular weight excluding hydrogens is 782 g/mol. The van der Waals surface area contributed by atoms with Crippen LogP contribution in [-0.4, -0.2) is 144 Å². The van der Waals surface area contributed by atoms with E-state index in [-0.39, 0.29) is 47.8 Å². The summed E-state index contributed by atoms with van der Waals surface area (Å²) < 4.78 is 6.97. The zero-order chi connectivity index (χ0) is 41.4. The molecule has 19 heteroatoms. The standard InChI is InChI=1S/C40H44ClN11O7/c1-42-34(54)23-59-32-20-24-19-25(3-6-30(24)47(2)39(32)58)44-35-29(41)22-43-40(46-35)51-17-13-49(14-18-51)10-9-48-11-15-50(16-12-48)26-4-5-27-28(21-26)38(57)52(37(27)56)31-7-8-33(53)45-36(31)55/h3-6,19-22,31H,7-18,23H2,1-2H3,(H,42,54)(H,43,44,46)(H,45,53,55). The summed E-state index contributed by atoms with van der Waals surface area (Å²) in [5.41, 5.74) is 2.47. The molecule has 1 atom stereocenters. The second-order valence-electron chi connectivity index (χ2n) is 14.9. The second kappa shape index (κ2) is 16.6. The molecule has 3 N–H and O–H groups in total. The van der Waals surface area contributed by atoms with E-state index in [1.165, 1.54) is 11.6 Å². The first-order chi connectivity index (χ1) is 28.5. The molecule has 1 unspecified atom stereocenters. The van der Waals surface area contributed by atoms with Crippen molar-refractivity contribution in [2.45, 2.75) is 18.9 Å². The van der Waals surface area contributed by atoms with Crippen molar-refractivity contribution in [2.75, 3.05) is 94.2 Å². The number of anilines is 4. The van der Waals surface area contributed by atoms with E-state index in [9.17, 15) is 28.8 Å². The third kappa shape index (κ3) is 8.15.